The lowest BCUT2D eigenvalue weighted by Gasteiger charge is -2.21. The lowest BCUT2D eigenvalue weighted by atomic mass is 10.0. The molecule has 0 saturated carbocycles. The quantitative estimate of drug-likeness (QED) is 0.748. The zero-order valence-corrected chi connectivity index (χ0v) is 16.7. The van der Waals surface area contributed by atoms with Crippen LogP contribution in [0.5, 0.6) is 11.5 Å². The molecule has 0 unspecified atom stereocenters. The predicted octanol–water partition coefficient (Wildman–Crippen LogP) is 3.13. The molecule has 2 aromatic rings. The van der Waals surface area contributed by atoms with E-state index >= 15 is 0 Å². The summed E-state index contributed by atoms with van der Waals surface area (Å²) in [5.74, 6) is 0.786. The van der Waals surface area contributed by atoms with Gasteiger partial charge in [0.05, 0.1) is 18.0 Å². The van der Waals surface area contributed by atoms with Gasteiger partial charge in [0.25, 0.3) is 5.91 Å². The summed E-state index contributed by atoms with van der Waals surface area (Å²) in [5, 5.41) is 2.94. The molecule has 146 valence electrons. The van der Waals surface area contributed by atoms with Gasteiger partial charge >= 0.3 is 0 Å². The van der Waals surface area contributed by atoms with Crippen LogP contribution in [0, 0.1) is 0 Å². The Bertz CT molecular complexity index is 878. The molecular formula is C20H25NO5S. The molecule has 6 nitrogen and oxygen atoms in total. The maximum atomic E-state index is 12.5. The highest BCUT2D eigenvalue weighted by Crippen LogP contribution is 2.27. The largest absolute Gasteiger partial charge is 0.493 e. The molecule has 0 fully saturated rings. The molecule has 0 aromatic heterocycles. The van der Waals surface area contributed by atoms with E-state index in [1.165, 1.54) is 0 Å². The van der Waals surface area contributed by atoms with E-state index in [1.807, 2.05) is 13.0 Å². The first-order valence-electron chi connectivity index (χ1n) is 8.66. The highest BCUT2D eigenvalue weighted by Gasteiger charge is 2.21. The van der Waals surface area contributed by atoms with Gasteiger partial charge in [-0.15, -0.1) is 0 Å². The number of nitrogens with one attached hydrogen (secondary N) is 1. The molecule has 0 spiro atoms. The summed E-state index contributed by atoms with van der Waals surface area (Å²) in [6.45, 7) is 3.61. The number of hydrogen-bond donors (Lipinski definition) is 1. The second-order valence-corrected chi connectivity index (χ2v) is 8.24. The molecule has 0 aliphatic heterocycles. The van der Waals surface area contributed by atoms with Crippen molar-refractivity contribution in [2.75, 3.05) is 13.4 Å². The van der Waals surface area contributed by atoms with E-state index in [0.717, 1.165) is 11.8 Å². The fourth-order valence-corrected chi connectivity index (χ4v) is 3.25. The molecule has 2 aromatic carbocycles. The first-order chi connectivity index (χ1) is 12.8. The van der Waals surface area contributed by atoms with Crippen molar-refractivity contribution in [3.05, 3.63) is 54.1 Å². The Morgan fingerprint density at radius 1 is 1.07 bits per heavy atom. The molecule has 0 saturated heterocycles. The number of ether oxygens (including phenoxy) is 2. The van der Waals surface area contributed by atoms with Crippen LogP contribution < -0.4 is 14.8 Å². The van der Waals surface area contributed by atoms with E-state index in [2.05, 4.69) is 5.32 Å². The molecule has 1 N–H and O–H groups in total. The summed E-state index contributed by atoms with van der Waals surface area (Å²) in [5.41, 5.74) is 0.836. The van der Waals surface area contributed by atoms with Gasteiger partial charge in [0, 0.05) is 6.26 Å². The summed E-state index contributed by atoms with van der Waals surface area (Å²) in [6, 6.07) is 13.4. The normalized spacial score (nSPS) is 13.5. The van der Waals surface area contributed by atoms with Gasteiger partial charge in [0.1, 0.15) is 0 Å². The van der Waals surface area contributed by atoms with Crippen LogP contribution in [-0.4, -0.2) is 33.8 Å². The van der Waals surface area contributed by atoms with Crippen molar-refractivity contribution in [2.45, 2.75) is 37.3 Å². The second-order valence-electron chi connectivity index (χ2n) is 6.22. The highest BCUT2D eigenvalue weighted by molar-refractivity contribution is 7.90. The average molecular weight is 391 g/mol. The number of rotatable bonds is 8. The van der Waals surface area contributed by atoms with Crippen LogP contribution in [0.1, 0.15) is 31.9 Å². The molecular weight excluding hydrogens is 366 g/mol. The molecule has 7 heteroatoms. The maximum Gasteiger partial charge on any atom is 0.261 e. The van der Waals surface area contributed by atoms with Crippen LogP contribution in [0.25, 0.3) is 0 Å². The van der Waals surface area contributed by atoms with Crippen LogP contribution in [0.2, 0.25) is 0 Å². The summed E-state index contributed by atoms with van der Waals surface area (Å²) >= 11 is 0. The number of benzene rings is 2. The van der Waals surface area contributed by atoms with Gasteiger partial charge in [-0.25, -0.2) is 8.42 Å². The minimum atomic E-state index is -3.25. The lowest BCUT2D eigenvalue weighted by Crippen LogP contribution is -2.38. The van der Waals surface area contributed by atoms with Crippen molar-refractivity contribution < 1.29 is 22.7 Å². The van der Waals surface area contributed by atoms with E-state index in [0.29, 0.717) is 17.9 Å². The first-order valence-corrected chi connectivity index (χ1v) is 10.6. The van der Waals surface area contributed by atoms with Gasteiger partial charge in [0.2, 0.25) is 0 Å². The Labute approximate surface area is 160 Å². The zero-order chi connectivity index (χ0) is 20.0. The number of amides is 1. The van der Waals surface area contributed by atoms with E-state index in [4.69, 9.17) is 9.47 Å². The minimum Gasteiger partial charge on any atom is -0.493 e. The first kappa shape index (κ1) is 20.8. The summed E-state index contributed by atoms with van der Waals surface area (Å²) in [6.07, 6.45) is 1.11. The Hall–Kier alpha value is -2.54. The van der Waals surface area contributed by atoms with Gasteiger partial charge < -0.3 is 14.8 Å². The van der Waals surface area contributed by atoms with Crippen molar-refractivity contribution in [3.8, 4) is 11.5 Å². The molecule has 0 heterocycles. The highest BCUT2D eigenvalue weighted by atomic mass is 32.2. The zero-order valence-electron chi connectivity index (χ0n) is 15.9. The predicted molar refractivity (Wildman–Crippen MR) is 104 cm³/mol. The van der Waals surface area contributed by atoms with Gasteiger partial charge in [-0.05, 0) is 43.2 Å². The average Bonchev–Trinajstić information content (AvgIpc) is 2.65. The van der Waals surface area contributed by atoms with Crippen molar-refractivity contribution in [2.24, 2.45) is 0 Å². The van der Waals surface area contributed by atoms with Crippen LogP contribution in [-0.2, 0) is 14.6 Å². The molecule has 0 aliphatic rings. The lowest BCUT2D eigenvalue weighted by molar-refractivity contribution is -0.128. The Morgan fingerprint density at radius 3 is 2.19 bits per heavy atom. The maximum absolute atomic E-state index is 12.5. The SMILES string of the molecule is CC[C@@H](NC(=O)[C@H](C)Oc1ccccc1OC)c1ccc(S(C)(=O)=O)cc1. The van der Waals surface area contributed by atoms with Crippen molar-refractivity contribution in [1.82, 2.24) is 5.32 Å². The molecule has 0 aliphatic carbocycles. The Kier molecular flexibility index (Phi) is 6.85. The second kappa shape index (κ2) is 8.90. The van der Waals surface area contributed by atoms with Gasteiger partial charge in [-0.2, -0.15) is 0 Å². The van der Waals surface area contributed by atoms with Crippen LogP contribution in [0.3, 0.4) is 0 Å². The van der Waals surface area contributed by atoms with E-state index in [1.54, 1.807) is 56.5 Å². The number of carbonyl (C=O) groups excluding carboxylic acids is 1. The topological polar surface area (TPSA) is 81.7 Å². The minimum absolute atomic E-state index is 0.241. The number of carbonyl (C=O) groups is 1. The van der Waals surface area contributed by atoms with Crippen molar-refractivity contribution in [3.63, 3.8) is 0 Å². The smallest absolute Gasteiger partial charge is 0.261 e. The van der Waals surface area contributed by atoms with E-state index in [9.17, 15) is 13.2 Å². The molecule has 27 heavy (non-hydrogen) atoms. The number of hydrogen-bond acceptors (Lipinski definition) is 5. The molecule has 2 atom stereocenters. The fourth-order valence-electron chi connectivity index (χ4n) is 2.62. The van der Waals surface area contributed by atoms with Crippen LogP contribution in [0.15, 0.2) is 53.4 Å². The monoisotopic (exact) mass is 391 g/mol. The van der Waals surface area contributed by atoms with Gasteiger partial charge in [0.15, 0.2) is 27.4 Å². The Morgan fingerprint density at radius 2 is 1.67 bits per heavy atom. The molecule has 1 amide bonds. The summed E-state index contributed by atoms with van der Waals surface area (Å²) in [7, 11) is -1.71. The fraction of sp³-hybridized carbons (Fsp3) is 0.350. The third-order valence-electron chi connectivity index (χ3n) is 4.18. The van der Waals surface area contributed by atoms with E-state index in [-0.39, 0.29) is 16.8 Å². The van der Waals surface area contributed by atoms with Gasteiger partial charge in [-0.1, -0.05) is 31.2 Å². The number of para-hydroxylation sites is 2. The van der Waals surface area contributed by atoms with Crippen LogP contribution >= 0.6 is 0 Å². The number of sulfone groups is 1. The molecule has 2 rings (SSSR count). The standard InChI is InChI=1S/C20H25NO5S/c1-5-17(15-10-12-16(13-11-15)27(4,23)24)21-20(22)14(2)26-19-9-7-6-8-18(19)25-3/h6-14,17H,5H2,1-4H3,(H,21,22)/t14-,17+/m0/s1. The summed E-state index contributed by atoms with van der Waals surface area (Å²) < 4.78 is 34.1. The van der Waals surface area contributed by atoms with Crippen molar-refractivity contribution >= 4 is 15.7 Å². The third kappa shape index (κ3) is 5.47. The van der Waals surface area contributed by atoms with E-state index < -0.39 is 15.9 Å². The van der Waals surface area contributed by atoms with Crippen LogP contribution in [0.4, 0.5) is 0 Å². The molecule has 0 radical (unpaired) electrons. The van der Waals surface area contributed by atoms with Gasteiger partial charge in [-0.3, -0.25) is 4.79 Å². The Balaban J connectivity index is 2.07. The number of methoxy groups -OCH3 is 1. The van der Waals surface area contributed by atoms with Crippen molar-refractivity contribution in [1.29, 1.82) is 0 Å². The summed E-state index contributed by atoms with van der Waals surface area (Å²) in [4.78, 5) is 12.8. The molecule has 0 bridgehead atoms. The third-order valence-corrected chi connectivity index (χ3v) is 5.31.